The van der Waals surface area contributed by atoms with E-state index in [-0.39, 0.29) is 17.1 Å². The van der Waals surface area contributed by atoms with Crippen molar-refractivity contribution in [2.75, 3.05) is 0 Å². The van der Waals surface area contributed by atoms with Crippen LogP contribution in [-0.2, 0) is 13.0 Å². The number of nitrogens with zero attached hydrogens (tertiary/aromatic N) is 6. The van der Waals surface area contributed by atoms with Crippen molar-refractivity contribution in [1.82, 2.24) is 34.7 Å². The van der Waals surface area contributed by atoms with E-state index in [1.165, 1.54) is 0 Å². The highest BCUT2D eigenvalue weighted by molar-refractivity contribution is 5.78. The van der Waals surface area contributed by atoms with Gasteiger partial charge in [-0.15, -0.1) is 5.10 Å². The summed E-state index contributed by atoms with van der Waals surface area (Å²) < 4.78 is 3.92. The van der Waals surface area contributed by atoms with Gasteiger partial charge in [-0.1, -0.05) is 57.5 Å². The summed E-state index contributed by atoms with van der Waals surface area (Å²) in [4.78, 5) is 18.2. The SMILES string of the molecule is CCCCc1cn(C2CCC2(C)C)c(=O)n1Cc1ccc(-c2ccccc2-c2nnn[nH]2)nc1. The number of rotatable bonds is 8. The first-order valence-electron chi connectivity index (χ1n) is 12.1. The average molecular weight is 458 g/mol. The minimum atomic E-state index is 0.0936. The highest BCUT2D eigenvalue weighted by atomic mass is 16.1. The maximum atomic E-state index is 13.4. The summed E-state index contributed by atoms with van der Waals surface area (Å²) in [6.45, 7) is 7.22. The van der Waals surface area contributed by atoms with Gasteiger partial charge in [0.25, 0.3) is 0 Å². The summed E-state index contributed by atoms with van der Waals surface area (Å²) >= 11 is 0. The fourth-order valence-electron chi connectivity index (χ4n) is 4.91. The lowest BCUT2D eigenvalue weighted by Gasteiger charge is -2.44. The zero-order valence-corrected chi connectivity index (χ0v) is 20.0. The molecular weight excluding hydrogens is 426 g/mol. The number of aryl methyl sites for hydroxylation is 1. The smallest absolute Gasteiger partial charge is 0.295 e. The lowest BCUT2D eigenvalue weighted by atomic mass is 9.67. The summed E-state index contributed by atoms with van der Waals surface area (Å²) in [7, 11) is 0. The van der Waals surface area contributed by atoms with Gasteiger partial charge in [0, 0.05) is 35.3 Å². The molecule has 1 N–H and O–H groups in total. The molecule has 1 saturated carbocycles. The molecule has 3 heterocycles. The Morgan fingerprint density at radius 2 is 1.97 bits per heavy atom. The number of hydrogen-bond acceptors (Lipinski definition) is 5. The third kappa shape index (κ3) is 4.08. The van der Waals surface area contributed by atoms with Crippen LogP contribution in [0.4, 0.5) is 0 Å². The Kier molecular flexibility index (Phi) is 5.89. The van der Waals surface area contributed by atoms with Crippen LogP contribution < -0.4 is 5.69 Å². The van der Waals surface area contributed by atoms with Crippen LogP contribution in [0.25, 0.3) is 22.6 Å². The van der Waals surface area contributed by atoms with Gasteiger partial charge in [-0.05, 0) is 53.2 Å². The maximum absolute atomic E-state index is 13.4. The topological polar surface area (TPSA) is 94.3 Å². The van der Waals surface area contributed by atoms with Crippen LogP contribution in [0, 0.1) is 5.41 Å². The van der Waals surface area contributed by atoms with Gasteiger partial charge >= 0.3 is 5.69 Å². The van der Waals surface area contributed by atoms with Crippen molar-refractivity contribution in [2.45, 2.75) is 65.5 Å². The van der Waals surface area contributed by atoms with E-state index in [1.54, 1.807) is 0 Å². The van der Waals surface area contributed by atoms with E-state index in [1.807, 2.05) is 45.7 Å². The van der Waals surface area contributed by atoms with Crippen LogP contribution >= 0.6 is 0 Å². The summed E-state index contributed by atoms with van der Waals surface area (Å²) in [5, 5.41) is 14.2. The predicted octanol–water partition coefficient (Wildman–Crippen LogP) is 4.64. The second-order valence-electron chi connectivity index (χ2n) is 9.89. The lowest BCUT2D eigenvalue weighted by molar-refractivity contribution is 0.0786. The average Bonchev–Trinajstić information content (AvgIpc) is 3.48. The van der Waals surface area contributed by atoms with Crippen molar-refractivity contribution in [3.63, 3.8) is 0 Å². The van der Waals surface area contributed by atoms with Gasteiger partial charge in [0.2, 0.25) is 0 Å². The molecule has 1 aliphatic carbocycles. The molecule has 8 heteroatoms. The van der Waals surface area contributed by atoms with E-state index < -0.39 is 0 Å². The first-order chi connectivity index (χ1) is 16.5. The Morgan fingerprint density at radius 3 is 2.59 bits per heavy atom. The summed E-state index contributed by atoms with van der Waals surface area (Å²) in [5.74, 6) is 0.605. The van der Waals surface area contributed by atoms with Gasteiger partial charge in [0.15, 0.2) is 5.82 Å². The van der Waals surface area contributed by atoms with E-state index >= 15 is 0 Å². The Morgan fingerprint density at radius 1 is 1.15 bits per heavy atom. The first kappa shape index (κ1) is 22.3. The molecular formula is C26H31N7O. The molecule has 3 aromatic heterocycles. The number of aromatic amines is 1. The number of tetrazole rings is 1. The monoisotopic (exact) mass is 457 g/mol. The highest BCUT2D eigenvalue weighted by Crippen LogP contribution is 2.48. The van der Waals surface area contributed by atoms with E-state index in [0.29, 0.717) is 12.4 Å². The largest absolute Gasteiger partial charge is 0.328 e. The normalized spacial score (nSPS) is 17.0. The molecule has 1 aliphatic rings. The van der Waals surface area contributed by atoms with Crippen molar-refractivity contribution in [1.29, 1.82) is 0 Å². The molecule has 1 unspecified atom stereocenters. The van der Waals surface area contributed by atoms with Crippen LogP contribution in [0.2, 0.25) is 0 Å². The molecule has 176 valence electrons. The van der Waals surface area contributed by atoms with Gasteiger partial charge in [0.1, 0.15) is 0 Å². The second kappa shape index (κ2) is 9.00. The quantitative estimate of drug-likeness (QED) is 0.416. The van der Waals surface area contributed by atoms with Gasteiger partial charge in [0.05, 0.1) is 12.2 Å². The summed E-state index contributed by atoms with van der Waals surface area (Å²) in [6, 6.07) is 12.2. The molecule has 34 heavy (non-hydrogen) atoms. The van der Waals surface area contributed by atoms with Crippen LogP contribution in [-0.4, -0.2) is 34.7 Å². The molecule has 0 radical (unpaired) electrons. The third-order valence-corrected chi connectivity index (χ3v) is 7.14. The number of nitrogens with one attached hydrogen (secondary N) is 1. The Balaban J connectivity index is 1.44. The molecule has 1 aromatic carbocycles. The first-order valence-corrected chi connectivity index (χ1v) is 12.1. The Bertz CT molecular complexity index is 1320. The van der Waals surface area contributed by atoms with Crippen molar-refractivity contribution in [3.8, 4) is 22.6 Å². The van der Waals surface area contributed by atoms with Crippen LogP contribution in [0.3, 0.4) is 0 Å². The number of H-pyrrole nitrogens is 1. The molecule has 0 aliphatic heterocycles. The molecule has 8 nitrogen and oxygen atoms in total. The fraction of sp³-hybridized carbons (Fsp3) is 0.423. The van der Waals surface area contributed by atoms with E-state index in [0.717, 1.165) is 60.2 Å². The van der Waals surface area contributed by atoms with Gasteiger partial charge < -0.3 is 0 Å². The Hall–Kier alpha value is -3.55. The van der Waals surface area contributed by atoms with Crippen LogP contribution in [0.1, 0.15) is 63.8 Å². The molecule has 1 fully saturated rings. The summed E-state index contributed by atoms with van der Waals surface area (Å²) in [6.07, 6.45) is 9.29. The number of imidazole rings is 1. The zero-order valence-electron chi connectivity index (χ0n) is 20.0. The van der Waals surface area contributed by atoms with Crippen molar-refractivity contribution >= 4 is 0 Å². The minimum absolute atomic E-state index is 0.0936. The predicted molar refractivity (Wildman–Crippen MR) is 131 cm³/mol. The number of benzene rings is 1. The number of hydrogen-bond donors (Lipinski definition) is 1. The molecule has 0 spiro atoms. The maximum Gasteiger partial charge on any atom is 0.328 e. The molecule has 0 saturated heterocycles. The Labute approximate surface area is 199 Å². The van der Waals surface area contributed by atoms with E-state index in [2.05, 4.69) is 53.7 Å². The van der Waals surface area contributed by atoms with E-state index in [9.17, 15) is 4.79 Å². The van der Waals surface area contributed by atoms with Gasteiger partial charge in [-0.25, -0.2) is 9.89 Å². The lowest BCUT2D eigenvalue weighted by Crippen LogP contribution is -2.41. The van der Waals surface area contributed by atoms with Crippen LogP contribution in [0.15, 0.2) is 53.6 Å². The standard InChI is InChI=1S/C26H31N7O/c1-4-5-8-19-17-33(23-13-14-26(23,2)3)25(34)32(19)16-18-11-12-22(27-15-18)20-9-6-7-10-21(20)24-28-30-31-29-24/h6-7,9-12,15,17,23H,4-5,8,13-14,16H2,1-3H3,(H,28,29,30,31). The number of aromatic nitrogens is 7. The van der Waals surface area contributed by atoms with Crippen molar-refractivity contribution < 1.29 is 0 Å². The molecule has 1 atom stereocenters. The molecule has 0 bridgehead atoms. The van der Waals surface area contributed by atoms with E-state index in [4.69, 9.17) is 4.98 Å². The molecule has 0 amide bonds. The second-order valence-corrected chi connectivity index (χ2v) is 9.89. The highest BCUT2D eigenvalue weighted by Gasteiger charge is 2.41. The van der Waals surface area contributed by atoms with Crippen LogP contribution in [0.5, 0.6) is 0 Å². The van der Waals surface area contributed by atoms with Gasteiger partial charge in [-0.3, -0.25) is 14.1 Å². The van der Waals surface area contributed by atoms with Crippen molar-refractivity contribution in [3.05, 3.63) is 70.5 Å². The fourth-order valence-corrected chi connectivity index (χ4v) is 4.91. The minimum Gasteiger partial charge on any atom is -0.295 e. The number of pyridine rings is 1. The molecule has 5 rings (SSSR count). The van der Waals surface area contributed by atoms with Gasteiger partial charge in [-0.2, -0.15) is 0 Å². The third-order valence-electron chi connectivity index (χ3n) is 7.14. The summed E-state index contributed by atoms with van der Waals surface area (Å²) in [5.41, 5.74) is 5.07. The molecule has 4 aromatic rings. The van der Waals surface area contributed by atoms with Crippen molar-refractivity contribution in [2.24, 2.45) is 5.41 Å². The zero-order chi connectivity index (χ0) is 23.7. The number of unbranched alkanes of at least 4 members (excludes halogenated alkanes) is 1.